The summed E-state index contributed by atoms with van der Waals surface area (Å²) in [6.45, 7) is 4.87. The van der Waals surface area contributed by atoms with Gasteiger partial charge in [0.1, 0.15) is 47.9 Å². The molecule has 4 aromatic rings. The smallest absolute Gasteiger partial charge is 0.280 e. The van der Waals surface area contributed by atoms with Crippen molar-refractivity contribution in [3.8, 4) is 0 Å². The van der Waals surface area contributed by atoms with Crippen molar-refractivity contribution < 1.29 is 53.3 Å². The number of primary amides is 1. The molecule has 3 aromatic carbocycles. The van der Waals surface area contributed by atoms with E-state index in [1.807, 2.05) is 54.6 Å². The number of para-hydroxylation sites is 1. The number of carbonyl (C=O) groups excluding carboxylic acids is 5. The van der Waals surface area contributed by atoms with Gasteiger partial charge in [0.2, 0.25) is 29.5 Å². The van der Waals surface area contributed by atoms with Gasteiger partial charge in [-0.15, -0.1) is 0 Å². The molecule has 1 fully saturated rings. The van der Waals surface area contributed by atoms with Gasteiger partial charge in [0.05, 0.1) is 34.9 Å². The number of hydrogen-bond donors (Lipinski definition) is 9. The third kappa shape index (κ3) is 13.1. The number of nitrogens with two attached hydrogens (primary N) is 1. The molecule has 64 heavy (non-hydrogen) atoms. The van der Waals surface area contributed by atoms with Crippen LogP contribution in [0.4, 0.5) is 11.4 Å². The number of fused-ring (bicyclic) bond motifs is 2. The average Bonchev–Trinajstić information content (AvgIpc) is 3.27. The second kappa shape index (κ2) is 23.4. The average molecular weight is 890 g/mol. The van der Waals surface area contributed by atoms with Crippen molar-refractivity contribution in [3.63, 3.8) is 0 Å². The molecule has 1 aromatic heterocycles. The van der Waals surface area contributed by atoms with Crippen molar-refractivity contribution >= 4 is 62.7 Å². The van der Waals surface area contributed by atoms with Crippen LogP contribution in [0.5, 0.6) is 0 Å². The van der Waals surface area contributed by atoms with Gasteiger partial charge in [0.15, 0.2) is 6.29 Å². The summed E-state index contributed by atoms with van der Waals surface area (Å²) in [6.07, 6.45) is -6.78. The van der Waals surface area contributed by atoms with Crippen molar-refractivity contribution in [1.29, 1.82) is 0 Å². The fourth-order valence-corrected chi connectivity index (χ4v) is 7.10. The predicted molar refractivity (Wildman–Crippen MR) is 233 cm³/mol. The molecule has 5 amide bonds. The third-order valence-corrected chi connectivity index (χ3v) is 10.4. The van der Waals surface area contributed by atoms with E-state index in [9.17, 15) is 44.3 Å². The first-order chi connectivity index (χ1) is 30.7. The summed E-state index contributed by atoms with van der Waals surface area (Å²) in [6, 6.07) is 17.6. The molecule has 0 spiro atoms. The number of rotatable bonds is 23. The summed E-state index contributed by atoms with van der Waals surface area (Å²) in [5.41, 5.74) is 8.04. The molecule has 6 unspecified atom stereocenters. The van der Waals surface area contributed by atoms with Gasteiger partial charge < -0.3 is 62.1 Å². The maximum atomic E-state index is 13.2. The zero-order valence-electron chi connectivity index (χ0n) is 35.7. The van der Waals surface area contributed by atoms with Crippen molar-refractivity contribution in [2.75, 3.05) is 38.1 Å². The Bertz CT molecular complexity index is 2270. The predicted octanol–water partition coefficient (Wildman–Crippen LogP) is 0.242. The highest BCUT2D eigenvalue weighted by atomic mass is 16.7. The van der Waals surface area contributed by atoms with Crippen molar-refractivity contribution in [1.82, 2.24) is 31.6 Å². The lowest BCUT2D eigenvalue weighted by atomic mass is 9.96. The zero-order chi connectivity index (χ0) is 46.3. The van der Waals surface area contributed by atoms with Gasteiger partial charge in [-0.3, -0.25) is 34.1 Å². The number of aromatic nitrogens is 1. The number of nitro benzene ring substituents is 1. The highest BCUT2D eigenvalue weighted by Crippen LogP contribution is 2.36. The van der Waals surface area contributed by atoms with Gasteiger partial charge in [-0.05, 0) is 38.0 Å². The van der Waals surface area contributed by atoms with E-state index in [0.29, 0.717) is 41.7 Å². The van der Waals surface area contributed by atoms with Crippen LogP contribution in [-0.2, 0) is 44.8 Å². The molecule has 10 N–H and O–H groups in total. The fraction of sp³-hybridized carbons (Fsp3) is 0.442. The number of nitro groups is 1. The maximum Gasteiger partial charge on any atom is 0.280 e. The molecule has 0 radical (unpaired) electrons. The summed E-state index contributed by atoms with van der Waals surface area (Å²) < 4.78 is 17.6. The van der Waals surface area contributed by atoms with Crippen LogP contribution in [0.2, 0.25) is 0 Å². The standard InChI is InChI=1S/C43H55N9O12/c1-24(48-42(59)25(2)63-39-37(49-26(3)54)43(64-33(22-53)38(39)56)62-23-27-10-5-4-6-11-27)41(58)51-31(40(44)57)16-17-34(55)46-20-18-45-19-21-47-36-28-12-7-8-13-29(28)50-30-14-9-15-32(35(30)36)52(60)61/h4-15,24-25,31,33,37-39,43,45,53,56H,16-23H2,1-3H3,(H2,44,57)(H,46,55)(H,47,50)(H,48,59)(H,49,54)(H,51,58)/t24-,25?,31+,33?,37?,38?,39?,43?/m0/s1. The van der Waals surface area contributed by atoms with Gasteiger partial charge >= 0.3 is 0 Å². The van der Waals surface area contributed by atoms with E-state index in [0.717, 1.165) is 10.9 Å². The zero-order valence-corrected chi connectivity index (χ0v) is 35.7. The minimum atomic E-state index is -1.50. The molecular formula is C43H55N9O12. The number of benzene rings is 3. The van der Waals surface area contributed by atoms with E-state index in [1.54, 1.807) is 12.1 Å². The van der Waals surface area contributed by atoms with Gasteiger partial charge in [0, 0.05) is 51.0 Å². The Morgan fingerprint density at radius 3 is 2.33 bits per heavy atom. The lowest BCUT2D eigenvalue weighted by Gasteiger charge is -2.44. The van der Waals surface area contributed by atoms with Crippen LogP contribution in [-0.4, -0.2) is 131 Å². The van der Waals surface area contributed by atoms with E-state index >= 15 is 0 Å². The van der Waals surface area contributed by atoms with Crippen LogP contribution in [0.25, 0.3) is 21.8 Å². The normalized spacial score (nSPS) is 19.8. The Hall–Kier alpha value is -6.36. The van der Waals surface area contributed by atoms with Crippen LogP contribution >= 0.6 is 0 Å². The first kappa shape index (κ1) is 48.7. The Morgan fingerprint density at radius 2 is 1.62 bits per heavy atom. The Kier molecular flexibility index (Phi) is 17.8. The number of aliphatic hydroxyl groups excluding tert-OH is 2. The van der Waals surface area contributed by atoms with Crippen molar-refractivity contribution in [2.45, 2.75) is 89.1 Å². The molecular weight excluding hydrogens is 835 g/mol. The summed E-state index contributed by atoms with van der Waals surface area (Å²) in [5.74, 6) is -3.37. The van der Waals surface area contributed by atoms with Crippen molar-refractivity contribution in [2.24, 2.45) is 5.73 Å². The minimum absolute atomic E-state index is 0.0580. The third-order valence-electron chi connectivity index (χ3n) is 10.4. The summed E-state index contributed by atoms with van der Waals surface area (Å²) >= 11 is 0. The highest BCUT2D eigenvalue weighted by Gasteiger charge is 2.48. The summed E-state index contributed by atoms with van der Waals surface area (Å²) in [5, 5.41) is 50.8. The molecule has 1 saturated heterocycles. The second-order valence-corrected chi connectivity index (χ2v) is 15.2. The maximum absolute atomic E-state index is 13.2. The van der Waals surface area contributed by atoms with E-state index < -0.39 is 89.9 Å². The van der Waals surface area contributed by atoms with E-state index in [-0.39, 0.29) is 31.7 Å². The number of hydrogen-bond acceptors (Lipinski definition) is 15. The minimum Gasteiger partial charge on any atom is -0.394 e. The van der Waals surface area contributed by atoms with Crippen molar-refractivity contribution in [3.05, 3.63) is 88.5 Å². The summed E-state index contributed by atoms with van der Waals surface area (Å²) in [4.78, 5) is 79.4. The lowest BCUT2D eigenvalue weighted by molar-refractivity contribution is -0.383. The molecule has 344 valence electrons. The quantitative estimate of drug-likeness (QED) is 0.0209. The van der Waals surface area contributed by atoms with Crippen LogP contribution in [0.3, 0.4) is 0 Å². The van der Waals surface area contributed by atoms with Gasteiger partial charge in [-0.1, -0.05) is 54.6 Å². The monoisotopic (exact) mass is 889 g/mol. The number of nitrogens with zero attached hydrogens (tertiary/aromatic N) is 2. The summed E-state index contributed by atoms with van der Waals surface area (Å²) in [7, 11) is 0. The van der Waals surface area contributed by atoms with E-state index in [1.165, 1.54) is 26.8 Å². The number of non-ortho nitro benzene ring substituents is 1. The molecule has 21 heteroatoms. The molecule has 0 bridgehead atoms. The van der Waals surface area contributed by atoms with Gasteiger partial charge in [0.25, 0.3) is 5.69 Å². The number of ether oxygens (including phenoxy) is 3. The molecule has 5 rings (SSSR count). The van der Waals surface area contributed by atoms with Crippen LogP contribution in [0, 0.1) is 10.1 Å². The van der Waals surface area contributed by atoms with Crippen LogP contribution < -0.4 is 37.6 Å². The molecule has 1 aliphatic heterocycles. The topological polar surface area (TPSA) is 308 Å². The van der Waals surface area contributed by atoms with E-state index in [4.69, 9.17) is 19.9 Å². The van der Waals surface area contributed by atoms with Gasteiger partial charge in [-0.25, -0.2) is 4.98 Å². The molecule has 0 aliphatic carbocycles. The second-order valence-electron chi connectivity index (χ2n) is 15.2. The molecule has 21 nitrogen and oxygen atoms in total. The SMILES string of the molecule is CC(=O)NC1C(OCc2ccccc2)OC(CO)C(O)C1OC(C)C(=O)N[C@@H](C)C(=O)N[C@H](CCC(=O)NCCNCCNc1c2ccccc2nc2cccc([N+](=O)[O-])c12)C(N)=O. The fourth-order valence-electron chi connectivity index (χ4n) is 7.10. The number of carbonyl (C=O) groups is 5. The van der Waals surface area contributed by atoms with Gasteiger partial charge in [-0.2, -0.15) is 0 Å². The number of anilines is 1. The largest absolute Gasteiger partial charge is 0.394 e. The van der Waals surface area contributed by atoms with Crippen LogP contribution in [0.1, 0.15) is 39.2 Å². The number of nitrogens with one attached hydrogen (secondary N) is 6. The number of aliphatic hydroxyl groups is 2. The van der Waals surface area contributed by atoms with E-state index in [2.05, 4.69) is 36.9 Å². The first-order valence-electron chi connectivity index (χ1n) is 20.8. The number of pyridine rings is 1. The first-order valence-corrected chi connectivity index (χ1v) is 20.8. The molecule has 8 atom stereocenters. The highest BCUT2D eigenvalue weighted by molar-refractivity contribution is 6.11. The Balaban J connectivity index is 1.05. The molecule has 2 heterocycles. The molecule has 0 saturated carbocycles. The van der Waals surface area contributed by atoms with Crippen LogP contribution in [0.15, 0.2) is 72.8 Å². The Labute approximate surface area is 368 Å². The molecule has 1 aliphatic rings. The number of amides is 5. The Morgan fingerprint density at radius 1 is 0.922 bits per heavy atom. The lowest BCUT2D eigenvalue weighted by Crippen LogP contribution is -2.66.